The molecular formula is C120H175Br2ClP2S8Sn. The largest absolute Gasteiger partial charge is 0.118 e. The molecular weight excluding hydrogens is 2070 g/mol. The van der Waals surface area contributed by atoms with Crippen molar-refractivity contribution in [3.63, 3.8) is 0 Å². The summed E-state index contributed by atoms with van der Waals surface area (Å²) in [6.45, 7) is 16.0. The van der Waals surface area contributed by atoms with E-state index in [0.717, 1.165) is 5.02 Å². The second kappa shape index (κ2) is 68.5. The summed E-state index contributed by atoms with van der Waals surface area (Å²) in [4.78, 5) is 20.7. The fraction of sp³-hybridized carbons (Fsp3) is 0.583. The van der Waals surface area contributed by atoms with Crippen molar-refractivity contribution in [2.24, 2.45) is 0 Å². The normalized spacial score (nSPS) is 11.7. The van der Waals surface area contributed by atoms with Crippen LogP contribution in [-0.4, -0.2) is 18.4 Å². The molecule has 0 saturated heterocycles. The van der Waals surface area contributed by atoms with Crippen molar-refractivity contribution in [3.05, 3.63) is 177 Å². The Kier molecular flexibility index (Phi) is 59.1. The zero-order valence-corrected chi connectivity index (χ0v) is 101. The van der Waals surface area contributed by atoms with Crippen LogP contribution in [-0.2, 0) is 25.7 Å². The van der Waals surface area contributed by atoms with Crippen LogP contribution < -0.4 is 2.89 Å². The van der Waals surface area contributed by atoms with Gasteiger partial charge in [-0.1, -0.05) is 416 Å². The summed E-state index contributed by atoms with van der Waals surface area (Å²) in [5, 5.41) is 12.1. The van der Waals surface area contributed by atoms with E-state index in [1.54, 1.807) is 14.0 Å². The van der Waals surface area contributed by atoms with Gasteiger partial charge in [0.2, 0.25) is 0 Å². The van der Waals surface area contributed by atoms with Gasteiger partial charge >= 0.3 is 138 Å². The van der Waals surface area contributed by atoms with E-state index in [-0.39, 0.29) is 0 Å². The molecule has 0 radical (unpaired) electrons. The summed E-state index contributed by atoms with van der Waals surface area (Å²) in [6, 6.07) is 48.0. The molecule has 0 spiro atoms. The molecule has 2 unspecified atom stereocenters. The van der Waals surface area contributed by atoms with E-state index in [1.807, 2.05) is 121 Å². The minimum atomic E-state index is -1.98. The monoisotopic (exact) mass is 2250 g/mol. The van der Waals surface area contributed by atoms with Crippen LogP contribution in [0.3, 0.4) is 0 Å². The standard InChI is InChI=1S/C56H80S4.C40H68Br2S2.C15H9S2.C6H5Cl.3CH3.H4P2.Sn/c1-5-7-9-11-13-15-17-19-21-23-25-27-29-31-33-45-39-43(3)57-55(45)51-41-47-35-37-50-49(53(47)59-51)38-36-48-42-52(60-54(48)50)56-46(40-44(4)58-56)34-32-30-28-26-24-22-20-18-16-14-12-10-8-6-2;1-3-5-7-9-11-13-15-17-19-21-23-25-27-29-31-35-33-37(43-39(35)41)38-34-36(40(42)44-38)32-30-28-26-24-22-20-18-16-14-12-10-8-6-4-2;1-9-8-11-3-5-12-13(15(11)17-9)4-2-10-6-7-16-14(10)12;7-6-4-2-1-3-5-6;;;;1-2;/h35-42H,5-34H2,1-4H3;33-34H,3-32H2,1-2H3;2-6,8H,1H3;1-5H;3*1H3;1-2H2;. The zero-order valence-electron chi connectivity index (χ0n) is 85.1. The van der Waals surface area contributed by atoms with Gasteiger partial charge in [-0.3, -0.25) is 0 Å². The second-order valence-corrected chi connectivity index (χ2v) is 67.5. The van der Waals surface area contributed by atoms with Gasteiger partial charge in [0.1, 0.15) is 0 Å². The third-order valence-electron chi connectivity index (χ3n) is 27.2. The number of hydrogen-bond donors (Lipinski definition) is 0. The molecule has 13 aromatic rings. The number of benzene rings is 5. The third-order valence-corrected chi connectivity index (χ3v) is 48.2. The molecule has 0 bridgehead atoms. The minimum absolute atomic E-state index is 0.794. The molecule has 8 heterocycles. The fourth-order valence-corrected chi connectivity index (χ4v) is 35.3. The number of hydrogen-bond acceptors (Lipinski definition) is 8. The van der Waals surface area contributed by atoms with E-state index < -0.39 is 18.4 Å². The molecule has 0 fully saturated rings. The Morgan fingerprint density at radius 2 is 0.493 bits per heavy atom. The first-order chi connectivity index (χ1) is 65.5. The smallest absolute Gasteiger partial charge is 0.0405 e. The Bertz CT molecular complexity index is 5060. The van der Waals surface area contributed by atoms with Crippen molar-refractivity contribution in [3.8, 4) is 29.3 Å². The van der Waals surface area contributed by atoms with Gasteiger partial charge < -0.3 is 0 Å². The number of fused-ring (bicyclic) bond motifs is 10. The molecule has 0 saturated carbocycles. The Hall–Kier alpha value is -1.83. The van der Waals surface area contributed by atoms with Crippen LogP contribution >= 0.6 is 152 Å². The molecule has 0 aliphatic heterocycles. The van der Waals surface area contributed by atoms with Crippen molar-refractivity contribution in [1.82, 2.24) is 0 Å². The maximum Gasteiger partial charge on any atom is 0.0405 e. The van der Waals surface area contributed by atoms with Gasteiger partial charge in [-0.2, -0.15) is 0 Å². The molecule has 13 rings (SSSR count). The van der Waals surface area contributed by atoms with Crippen molar-refractivity contribution < 1.29 is 0 Å². The molecule has 738 valence electrons. The SMILES string of the molecule is CCCCCCCCCCCCCCCCc1cc(-c2cc(CCCCCCCCCCCCCCCC)c(Br)s2)sc1Br.CCCCCCCCCCCCCCCCc1cc(C)sc1-c1cc2ccc3c(ccc4cc(-c5sc(C)cc5CCCCCCCCCCCCCCCC)sc43)c2s1.Cc1cc2ccc3c(ccc4c[c]([Sn]([CH3])([CH3])[CH3])sc43)c2s1.Clc1ccccc1.PP. The maximum atomic E-state index is 5.54. The topological polar surface area (TPSA) is 0 Å². The van der Waals surface area contributed by atoms with Gasteiger partial charge in [0.15, 0.2) is 0 Å². The number of unbranched alkanes of at least 4 members (excludes halogenated alkanes) is 52. The van der Waals surface area contributed by atoms with Crippen LogP contribution in [0.1, 0.15) is 424 Å². The Balaban J connectivity index is 0.000000235. The quantitative estimate of drug-likeness (QED) is 0.0202. The summed E-state index contributed by atoms with van der Waals surface area (Å²) in [7, 11) is 4.67. The molecule has 8 aromatic heterocycles. The Morgan fingerprint density at radius 1 is 0.246 bits per heavy atom. The van der Waals surface area contributed by atoms with E-state index in [9.17, 15) is 0 Å². The average Bonchev–Trinajstić information content (AvgIpc) is 1.59. The van der Waals surface area contributed by atoms with Gasteiger partial charge in [-0.25, -0.2) is 0 Å². The molecule has 14 heteroatoms. The van der Waals surface area contributed by atoms with Crippen LogP contribution in [0.5, 0.6) is 0 Å². The summed E-state index contributed by atoms with van der Waals surface area (Å²) >= 11 is 27.3. The summed E-state index contributed by atoms with van der Waals surface area (Å²) in [5.41, 5.74) is 6.19. The summed E-state index contributed by atoms with van der Waals surface area (Å²) < 4.78 is 10.2. The van der Waals surface area contributed by atoms with Crippen LogP contribution in [0.15, 0.2) is 135 Å². The predicted octanol–water partition coefficient (Wildman–Crippen LogP) is 47.6. The molecule has 2 atom stereocenters. The average molecular weight is 2250 g/mol. The van der Waals surface area contributed by atoms with Crippen LogP contribution in [0.25, 0.3) is 91.2 Å². The number of rotatable bonds is 64. The minimum Gasteiger partial charge on any atom is -0.118 e. The van der Waals surface area contributed by atoms with Crippen molar-refractivity contribution >= 4 is 235 Å². The third kappa shape index (κ3) is 41.7. The van der Waals surface area contributed by atoms with Crippen molar-refractivity contribution in [2.75, 3.05) is 0 Å². The summed E-state index contributed by atoms with van der Waals surface area (Å²) in [6.07, 6.45) is 84.6. The van der Waals surface area contributed by atoms with Gasteiger partial charge in [0, 0.05) is 64.2 Å². The first kappa shape index (κ1) is 116. The van der Waals surface area contributed by atoms with Crippen LogP contribution in [0.2, 0.25) is 19.8 Å². The molecule has 134 heavy (non-hydrogen) atoms. The van der Waals surface area contributed by atoms with Crippen molar-refractivity contribution in [1.29, 1.82) is 0 Å². The second-order valence-electron chi connectivity index (χ2n) is 40.0. The van der Waals surface area contributed by atoms with Crippen LogP contribution in [0, 0.1) is 20.8 Å². The number of halogens is 3. The molecule has 0 aliphatic rings. The van der Waals surface area contributed by atoms with Crippen LogP contribution in [0.4, 0.5) is 0 Å². The zero-order chi connectivity index (χ0) is 95.2. The maximum absolute atomic E-state index is 5.54. The van der Waals surface area contributed by atoms with E-state index in [4.69, 9.17) is 11.6 Å². The van der Waals surface area contributed by atoms with Gasteiger partial charge in [0.05, 0.1) is 7.57 Å². The summed E-state index contributed by atoms with van der Waals surface area (Å²) in [5.74, 6) is 0. The van der Waals surface area contributed by atoms with E-state index in [2.05, 4.69) is 210 Å². The molecule has 0 N–H and O–H groups in total. The Morgan fingerprint density at radius 3 is 0.769 bits per heavy atom. The fourth-order valence-electron chi connectivity index (χ4n) is 19.3. The first-order valence-corrected chi connectivity index (χ1v) is 75.2. The number of aryl methyl sites for hydroxylation is 7. The molecule has 0 aliphatic carbocycles. The van der Waals surface area contributed by atoms with Gasteiger partial charge in [-0.15, -0.1) is 85.9 Å². The van der Waals surface area contributed by atoms with E-state index >= 15 is 0 Å². The molecule has 0 amide bonds. The van der Waals surface area contributed by atoms with E-state index in [1.165, 1.54) is 510 Å². The number of thiophene rings is 8. The van der Waals surface area contributed by atoms with Gasteiger partial charge in [0.25, 0.3) is 0 Å². The molecule has 5 aromatic carbocycles. The predicted molar refractivity (Wildman–Crippen MR) is 643 cm³/mol. The van der Waals surface area contributed by atoms with E-state index in [0.29, 0.717) is 0 Å². The van der Waals surface area contributed by atoms with Crippen molar-refractivity contribution in [2.45, 2.75) is 449 Å². The molecule has 0 nitrogen and oxygen atoms in total. The Labute approximate surface area is 880 Å². The first-order valence-electron chi connectivity index (χ1n) is 54.1. The van der Waals surface area contributed by atoms with Gasteiger partial charge in [-0.05, 0) is 179 Å².